The summed E-state index contributed by atoms with van der Waals surface area (Å²) in [4.78, 5) is 18.8. The van der Waals surface area contributed by atoms with Gasteiger partial charge in [0.25, 0.3) is 0 Å². The normalized spacial score (nSPS) is 21.0. The van der Waals surface area contributed by atoms with Gasteiger partial charge in [0, 0.05) is 45.2 Å². The Bertz CT molecular complexity index is 453. The lowest BCUT2D eigenvalue weighted by molar-refractivity contribution is -0.134. The Kier molecular flexibility index (Phi) is 10.5. The highest BCUT2D eigenvalue weighted by Crippen LogP contribution is 2.27. The first kappa shape index (κ1) is 22.0. The van der Waals surface area contributed by atoms with Crippen LogP contribution in [0.25, 0.3) is 0 Å². The Morgan fingerprint density at radius 2 is 1.85 bits per heavy atom. The molecule has 1 aliphatic heterocycles. The van der Waals surface area contributed by atoms with E-state index in [-0.39, 0.29) is 12.0 Å². The van der Waals surface area contributed by atoms with Crippen LogP contribution < -0.4 is 10.6 Å². The van der Waals surface area contributed by atoms with Gasteiger partial charge < -0.3 is 25.0 Å². The lowest BCUT2D eigenvalue weighted by Gasteiger charge is -2.21. The zero-order chi connectivity index (χ0) is 19.3. The first-order chi connectivity index (χ1) is 13.2. The first-order valence-corrected chi connectivity index (χ1v) is 10.7. The largest absolute Gasteiger partial charge is 0.379 e. The van der Waals surface area contributed by atoms with E-state index in [1.807, 2.05) is 4.90 Å². The number of nitrogens with zero attached hydrogens (tertiary/aromatic N) is 2. The summed E-state index contributed by atoms with van der Waals surface area (Å²) in [5.74, 6) is 1.40. The fraction of sp³-hybridized carbons (Fsp3) is 0.900. The molecule has 1 saturated carbocycles. The number of nitrogens with one attached hydrogen (secondary N) is 2. The molecule has 1 saturated heterocycles. The summed E-state index contributed by atoms with van der Waals surface area (Å²) in [6.45, 7) is 7.20. The Hall–Kier alpha value is -1.34. The lowest BCUT2D eigenvalue weighted by Crippen LogP contribution is -2.46. The van der Waals surface area contributed by atoms with Crippen molar-refractivity contribution in [3.63, 3.8) is 0 Å². The van der Waals surface area contributed by atoms with Crippen molar-refractivity contribution in [1.29, 1.82) is 0 Å². The van der Waals surface area contributed by atoms with Crippen molar-refractivity contribution in [3.8, 4) is 0 Å². The Morgan fingerprint density at radius 1 is 1.11 bits per heavy atom. The molecule has 1 aliphatic carbocycles. The SMILES string of the molecule is CCCCOCCOCCNC(=NC)NC1CCN(C(=O)C2CCCC2)C1. The van der Waals surface area contributed by atoms with E-state index in [1.165, 1.54) is 12.8 Å². The molecule has 2 N–H and O–H groups in total. The molecule has 1 unspecified atom stereocenters. The van der Waals surface area contributed by atoms with E-state index in [4.69, 9.17) is 9.47 Å². The van der Waals surface area contributed by atoms with Crippen LogP contribution in [0.2, 0.25) is 0 Å². The van der Waals surface area contributed by atoms with Crippen LogP contribution in [-0.4, -0.2) is 75.9 Å². The zero-order valence-corrected chi connectivity index (χ0v) is 17.2. The zero-order valence-electron chi connectivity index (χ0n) is 17.2. The number of carbonyl (C=O) groups is 1. The van der Waals surface area contributed by atoms with Crippen molar-refractivity contribution in [1.82, 2.24) is 15.5 Å². The Labute approximate surface area is 164 Å². The molecular formula is C20H38N4O3. The maximum atomic E-state index is 12.5. The fourth-order valence-corrected chi connectivity index (χ4v) is 3.71. The second-order valence-electron chi connectivity index (χ2n) is 7.47. The minimum atomic E-state index is 0.268. The van der Waals surface area contributed by atoms with Gasteiger partial charge in [-0.3, -0.25) is 9.79 Å². The van der Waals surface area contributed by atoms with Crippen LogP contribution in [-0.2, 0) is 14.3 Å². The average Bonchev–Trinajstić information content (AvgIpc) is 3.37. The van der Waals surface area contributed by atoms with Crippen LogP contribution in [0.3, 0.4) is 0 Å². The quantitative estimate of drug-likeness (QED) is 0.324. The number of unbranched alkanes of at least 4 members (excludes halogenated alkanes) is 1. The third kappa shape index (κ3) is 8.05. The highest BCUT2D eigenvalue weighted by atomic mass is 16.5. The maximum Gasteiger partial charge on any atom is 0.225 e. The van der Waals surface area contributed by atoms with E-state index in [0.717, 1.165) is 57.8 Å². The van der Waals surface area contributed by atoms with E-state index in [0.29, 0.717) is 32.3 Å². The molecule has 2 rings (SSSR count). The molecule has 7 heteroatoms. The van der Waals surface area contributed by atoms with Gasteiger partial charge in [-0.1, -0.05) is 26.2 Å². The molecule has 0 radical (unpaired) electrons. The van der Waals surface area contributed by atoms with Gasteiger partial charge in [0.15, 0.2) is 5.96 Å². The molecular weight excluding hydrogens is 344 g/mol. The highest BCUT2D eigenvalue weighted by molar-refractivity contribution is 5.81. The van der Waals surface area contributed by atoms with Crippen LogP contribution in [0, 0.1) is 5.92 Å². The van der Waals surface area contributed by atoms with Crippen molar-refractivity contribution in [2.75, 3.05) is 53.1 Å². The smallest absolute Gasteiger partial charge is 0.225 e. The third-order valence-corrected chi connectivity index (χ3v) is 5.32. The van der Waals surface area contributed by atoms with Gasteiger partial charge >= 0.3 is 0 Å². The first-order valence-electron chi connectivity index (χ1n) is 10.7. The van der Waals surface area contributed by atoms with Crippen LogP contribution in [0.4, 0.5) is 0 Å². The van der Waals surface area contributed by atoms with Gasteiger partial charge in [-0.15, -0.1) is 0 Å². The number of hydrogen-bond acceptors (Lipinski definition) is 4. The second kappa shape index (κ2) is 12.9. The molecule has 2 aliphatic rings. The number of hydrogen-bond donors (Lipinski definition) is 2. The van der Waals surface area contributed by atoms with Crippen LogP contribution in [0.5, 0.6) is 0 Å². The van der Waals surface area contributed by atoms with Gasteiger partial charge in [-0.25, -0.2) is 0 Å². The van der Waals surface area contributed by atoms with E-state index in [1.54, 1.807) is 7.05 Å². The summed E-state index contributed by atoms with van der Waals surface area (Å²) in [7, 11) is 1.77. The van der Waals surface area contributed by atoms with Gasteiger partial charge in [-0.2, -0.15) is 0 Å². The molecule has 0 aromatic carbocycles. The lowest BCUT2D eigenvalue weighted by atomic mass is 10.1. The number of ether oxygens (including phenoxy) is 2. The van der Waals surface area contributed by atoms with Crippen molar-refractivity contribution in [2.24, 2.45) is 10.9 Å². The molecule has 2 fully saturated rings. The molecule has 7 nitrogen and oxygen atoms in total. The molecule has 1 atom stereocenters. The average molecular weight is 383 g/mol. The van der Waals surface area contributed by atoms with Gasteiger partial charge in [0.1, 0.15) is 0 Å². The molecule has 1 heterocycles. The van der Waals surface area contributed by atoms with Crippen molar-refractivity contribution in [3.05, 3.63) is 0 Å². The summed E-state index contributed by atoms with van der Waals surface area (Å²) < 4.78 is 11.0. The van der Waals surface area contributed by atoms with Crippen molar-refractivity contribution in [2.45, 2.75) is 57.9 Å². The van der Waals surface area contributed by atoms with Crippen molar-refractivity contribution >= 4 is 11.9 Å². The molecule has 27 heavy (non-hydrogen) atoms. The van der Waals surface area contributed by atoms with Crippen LogP contribution >= 0.6 is 0 Å². The second-order valence-corrected chi connectivity index (χ2v) is 7.47. The molecule has 1 amide bonds. The highest BCUT2D eigenvalue weighted by Gasteiger charge is 2.32. The standard InChI is InChI=1S/C20H38N4O3/c1-3-4-12-26-14-15-27-13-10-22-20(21-2)23-18-9-11-24(16-18)19(25)17-7-5-6-8-17/h17-18H,3-16H2,1-2H3,(H2,21,22,23). The molecule has 156 valence electrons. The van der Waals surface area contributed by atoms with Gasteiger partial charge in [0.05, 0.1) is 19.8 Å². The number of likely N-dealkylation sites (tertiary alicyclic amines) is 1. The van der Waals surface area contributed by atoms with Crippen molar-refractivity contribution < 1.29 is 14.3 Å². The Balaban J connectivity index is 1.54. The van der Waals surface area contributed by atoms with E-state index >= 15 is 0 Å². The summed E-state index contributed by atoms with van der Waals surface area (Å²) in [6.07, 6.45) is 7.79. The summed E-state index contributed by atoms with van der Waals surface area (Å²) in [5.41, 5.74) is 0. The molecule has 0 spiro atoms. The van der Waals surface area contributed by atoms with Crippen LogP contribution in [0.1, 0.15) is 51.9 Å². The summed E-state index contributed by atoms with van der Waals surface area (Å²) in [5, 5.41) is 6.71. The van der Waals surface area contributed by atoms with E-state index in [2.05, 4.69) is 22.5 Å². The van der Waals surface area contributed by atoms with Gasteiger partial charge in [-0.05, 0) is 25.7 Å². The monoisotopic (exact) mass is 382 g/mol. The number of guanidine groups is 1. The van der Waals surface area contributed by atoms with E-state index < -0.39 is 0 Å². The predicted octanol–water partition coefficient (Wildman–Crippen LogP) is 1.78. The molecule has 0 aromatic rings. The number of aliphatic imine (C=N–C) groups is 1. The maximum absolute atomic E-state index is 12.5. The molecule has 0 bridgehead atoms. The van der Waals surface area contributed by atoms with E-state index in [9.17, 15) is 4.79 Å². The number of rotatable bonds is 11. The minimum absolute atomic E-state index is 0.268. The van der Waals surface area contributed by atoms with Gasteiger partial charge in [0.2, 0.25) is 5.91 Å². The third-order valence-electron chi connectivity index (χ3n) is 5.32. The Morgan fingerprint density at radius 3 is 2.56 bits per heavy atom. The van der Waals surface area contributed by atoms with Crippen LogP contribution in [0.15, 0.2) is 4.99 Å². The summed E-state index contributed by atoms with van der Waals surface area (Å²) >= 11 is 0. The number of carbonyl (C=O) groups excluding carboxylic acids is 1. The predicted molar refractivity (Wildman–Crippen MR) is 108 cm³/mol. The number of amides is 1. The minimum Gasteiger partial charge on any atom is -0.379 e. The summed E-state index contributed by atoms with van der Waals surface area (Å²) in [6, 6.07) is 0.273. The molecule has 0 aromatic heterocycles. The fourth-order valence-electron chi connectivity index (χ4n) is 3.71. The topological polar surface area (TPSA) is 75.2 Å².